The van der Waals surface area contributed by atoms with Crippen molar-refractivity contribution in [2.24, 2.45) is 0 Å². The van der Waals surface area contributed by atoms with Crippen LogP contribution in [0, 0.1) is 0 Å². The van der Waals surface area contributed by atoms with Gasteiger partial charge in [-0.3, -0.25) is 4.79 Å². The fraction of sp³-hybridized carbons (Fsp3) is 0.423. The van der Waals surface area contributed by atoms with Crippen LogP contribution in [0.15, 0.2) is 54.6 Å². The average Bonchev–Trinajstić information content (AvgIpc) is 2.81. The molecule has 34 heavy (non-hydrogen) atoms. The number of ether oxygens (including phenoxy) is 3. The first-order valence-electron chi connectivity index (χ1n) is 11.3. The zero-order valence-corrected chi connectivity index (χ0v) is 20.3. The van der Waals surface area contributed by atoms with Crippen LogP contribution in [0.4, 0.5) is 4.79 Å². The van der Waals surface area contributed by atoms with Crippen LogP contribution in [0.5, 0.6) is 5.75 Å². The first kappa shape index (κ1) is 26.7. The van der Waals surface area contributed by atoms with Gasteiger partial charge in [-0.2, -0.15) is 0 Å². The topological polar surface area (TPSA) is 103 Å². The number of carbonyl (C=O) groups is 3. The zero-order valence-electron chi connectivity index (χ0n) is 20.3. The van der Waals surface area contributed by atoms with Gasteiger partial charge in [0.15, 0.2) is 0 Å². The first-order chi connectivity index (χ1) is 16.2. The number of hydrogen-bond acceptors (Lipinski definition) is 6. The molecule has 2 N–H and O–H groups in total. The lowest BCUT2D eigenvalue weighted by Crippen LogP contribution is -2.44. The van der Waals surface area contributed by atoms with Crippen molar-refractivity contribution >= 4 is 18.0 Å². The third-order valence-electron chi connectivity index (χ3n) is 4.75. The minimum atomic E-state index is -0.807. The van der Waals surface area contributed by atoms with Crippen molar-refractivity contribution < 1.29 is 28.6 Å². The van der Waals surface area contributed by atoms with Crippen molar-refractivity contribution in [1.82, 2.24) is 10.6 Å². The first-order valence-corrected chi connectivity index (χ1v) is 11.3. The van der Waals surface area contributed by atoms with Gasteiger partial charge in [-0.15, -0.1) is 0 Å². The summed E-state index contributed by atoms with van der Waals surface area (Å²) in [6.45, 7) is 5.92. The van der Waals surface area contributed by atoms with E-state index >= 15 is 0 Å². The number of unbranched alkanes of at least 4 members (excludes halogenated alkanes) is 1. The summed E-state index contributed by atoms with van der Waals surface area (Å²) in [5.41, 5.74) is 0.646. The van der Waals surface area contributed by atoms with E-state index in [0.717, 1.165) is 5.56 Å². The van der Waals surface area contributed by atoms with E-state index in [1.165, 1.54) is 0 Å². The molecule has 8 nitrogen and oxygen atoms in total. The Morgan fingerprint density at radius 1 is 0.941 bits per heavy atom. The molecule has 0 bridgehead atoms. The summed E-state index contributed by atoms with van der Waals surface area (Å²) in [6, 6.07) is 15.2. The van der Waals surface area contributed by atoms with E-state index in [1.807, 2.05) is 30.3 Å². The lowest BCUT2D eigenvalue weighted by molar-refractivity contribution is -0.157. The number of amides is 2. The number of hydrogen-bond donors (Lipinski definition) is 2. The Bertz CT molecular complexity index is 923. The van der Waals surface area contributed by atoms with Gasteiger partial charge in [-0.25, -0.2) is 9.59 Å². The highest BCUT2D eigenvalue weighted by Gasteiger charge is 2.26. The van der Waals surface area contributed by atoms with Crippen molar-refractivity contribution in [1.29, 1.82) is 0 Å². The van der Waals surface area contributed by atoms with Gasteiger partial charge in [-0.1, -0.05) is 30.3 Å². The van der Waals surface area contributed by atoms with Gasteiger partial charge in [0.2, 0.25) is 0 Å². The van der Waals surface area contributed by atoms with Crippen LogP contribution in [0.2, 0.25) is 0 Å². The number of alkyl carbamates (subject to hydrolysis) is 1. The second kappa shape index (κ2) is 13.2. The second-order valence-electron chi connectivity index (χ2n) is 8.77. The quantitative estimate of drug-likeness (QED) is 0.376. The van der Waals surface area contributed by atoms with Crippen LogP contribution in [-0.2, 0) is 20.9 Å². The van der Waals surface area contributed by atoms with Crippen LogP contribution in [0.1, 0.15) is 56.0 Å². The summed E-state index contributed by atoms with van der Waals surface area (Å²) in [5, 5.41) is 5.46. The highest BCUT2D eigenvalue weighted by molar-refractivity contribution is 5.96. The van der Waals surface area contributed by atoms with Gasteiger partial charge in [0.1, 0.15) is 24.0 Å². The summed E-state index contributed by atoms with van der Waals surface area (Å²) >= 11 is 0. The Labute approximate surface area is 201 Å². The summed E-state index contributed by atoms with van der Waals surface area (Å²) in [4.78, 5) is 37.2. The Kier molecular flexibility index (Phi) is 10.4. The molecule has 8 heteroatoms. The molecule has 2 amide bonds. The van der Waals surface area contributed by atoms with Crippen LogP contribution >= 0.6 is 0 Å². The molecule has 2 rings (SSSR count). The molecule has 0 spiro atoms. The Morgan fingerprint density at radius 2 is 1.62 bits per heavy atom. The van der Waals surface area contributed by atoms with E-state index in [9.17, 15) is 14.4 Å². The van der Waals surface area contributed by atoms with Gasteiger partial charge >= 0.3 is 12.1 Å². The third-order valence-corrected chi connectivity index (χ3v) is 4.75. The maximum Gasteiger partial charge on any atom is 0.407 e. The largest absolute Gasteiger partial charge is 0.497 e. The lowest BCUT2D eigenvalue weighted by atomic mass is 10.1. The van der Waals surface area contributed by atoms with E-state index in [1.54, 1.807) is 52.1 Å². The smallest absolute Gasteiger partial charge is 0.407 e. The highest BCUT2D eigenvalue weighted by atomic mass is 16.6. The minimum absolute atomic E-state index is 0.199. The molecule has 184 valence electrons. The van der Waals surface area contributed by atoms with Gasteiger partial charge in [-0.05, 0) is 69.9 Å². The maximum absolute atomic E-state index is 12.7. The van der Waals surface area contributed by atoms with Gasteiger partial charge in [0.05, 0.1) is 7.11 Å². The molecule has 0 radical (unpaired) electrons. The number of carbonyl (C=O) groups excluding carboxylic acids is 3. The standard InChI is InChI=1S/C26H34N2O6/c1-26(2,3)34-24(30)22(28-23(29)20-13-15-21(32-4)16-14-20)12-8-9-17-27-25(31)33-18-19-10-6-5-7-11-19/h5-7,10-11,13-16,22H,8-9,12,17-18H2,1-4H3,(H,27,31)(H,28,29). The summed E-state index contributed by atoms with van der Waals surface area (Å²) in [7, 11) is 1.55. The Hall–Kier alpha value is -3.55. The molecule has 0 fully saturated rings. The van der Waals surface area contributed by atoms with Crippen LogP contribution in [0.25, 0.3) is 0 Å². The van der Waals surface area contributed by atoms with Crippen molar-refractivity contribution in [3.05, 3.63) is 65.7 Å². The van der Waals surface area contributed by atoms with E-state index in [4.69, 9.17) is 14.2 Å². The summed E-state index contributed by atoms with van der Waals surface area (Å²) < 4.78 is 15.8. The maximum atomic E-state index is 12.7. The molecule has 0 aromatic heterocycles. The molecule has 0 saturated heterocycles. The molecule has 1 unspecified atom stereocenters. The summed E-state index contributed by atoms with van der Waals surface area (Å²) in [6.07, 6.45) is 1.07. The van der Waals surface area contributed by atoms with Crippen LogP contribution in [0.3, 0.4) is 0 Å². The molecule has 1 atom stereocenters. The Balaban J connectivity index is 1.82. The molecule has 2 aromatic rings. The average molecular weight is 471 g/mol. The molecule has 0 aliphatic rings. The molecule has 2 aromatic carbocycles. The van der Waals surface area contributed by atoms with Crippen LogP contribution in [-0.4, -0.2) is 43.3 Å². The molecule has 0 aliphatic carbocycles. The predicted octanol–water partition coefficient (Wildman–Crippen LogP) is 4.23. The normalized spacial score (nSPS) is 11.8. The van der Waals surface area contributed by atoms with Crippen LogP contribution < -0.4 is 15.4 Å². The fourth-order valence-electron chi connectivity index (χ4n) is 3.04. The van der Waals surface area contributed by atoms with Gasteiger partial charge < -0.3 is 24.8 Å². The van der Waals surface area contributed by atoms with E-state index in [0.29, 0.717) is 37.1 Å². The molecule has 0 aliphatic heterocycles. The molecule has 0 saturated carbocycles. The SMILES string of the molecule is COc1ccc(C(=O)NC(CCCCNC(=O)OCc2ccccc2)C(=O)OC(C)(C)C)cc1. The molecular formula is C26H34N2O6. The third kappa shape index (κ3) is 9.94. The van der Waals surface area contributed by atoms with Crippen molar-refractivity contribution in [2.45, 2.75) is 58.3 Å². The molecular weight excluding hydrogens is 436 g/mol. The van der Waals surface area contributed by atoms with Crippen molar-refractivity contribution in [2.75, 3.05) is 13.7 Å². The monoisotopic (exact) mass is 470 g/mol. The number of nitrogens with one attached hydrogen (secondary N) is 2. The van der Waals surface area contributed by atoms with Crippen molar-refractivity contribution in [3.63, 3.8) is 0 Å². The Morgan fingerprint density at radius 3 is 2.24 bits per heavy atom. The number of benzene rings is 2. The highest BCUT2D eigenvalue weighted by Crippen LogP contribution is 2.14. The zero-order chi connectivity index (χ0) is 25.0. The van der Waals surface area contributed by atoms with E-state index in [2.05, 4.69) is 10.6 Å². The summed E-state index contributed by atoms with van der Waals surface area (Å²) in [5.74, 6) is -0.235. The van der Waals surface area contributed by atoms with Gasteiger partial charge in [0, 0.05) is 12.1 Å². The predicted molar refractivity (Wildman–Crippen MR) is 129 cm³/mol. The second-order valence-corrected chi connectivity index (χ2v) is 8.77. The number of rotatable bonds is 11. The van der Waals surface area contributed by atoms with E-state index < -0.39 is 23.7 Å². The lowest BCUT2D eigenvalue weighted by Gasteiger charge is -2.24. The van der Waals surface area contributed by atoms with Gasteiger partial charge in [0.25, 0.3) is 5.91 Å². The molecule has 0 heterocycles. The minimum Gasteiger partial charge on any atom is -0.497 e. The number of esters is 1. The van der Waals surface area contributed by atoms with E-state index in [-0.39, 0.29) is 12.5 Å². The van der Waals surface area contributed by atoms with Crippen molar-refractivity contribution in [3.8, 4) is 5.75 Å². The fourth-order valence-corrected chi connectivity index (χ4v) is 3.04. The number of methoxy groups -OCH3 is 1.